The molecule has 2 rings (SSSR count). The fraction of sp³-hybridized carbons (Fsp3) is 0.125. The summed E-state index contributed by atoms with van der Waals surface area (Å²) in [7, 11) is 0. The van der Waals surface area contributed by atoms with Gasteiger partial charge in [-0.1, -0.05) is 0 Å². The highest BCUT2D eigenvalue weighted by Gasteiger charge is 2.01. The fourth-order valence-corrected chi connectivity index (χ4v) is 1.36. The van der Waals surface area contributed by atoms with Crippen molar-refractivity contribution in [1.29, 1.82) is 0 Å². The number of rotatable bonds is 2. The Morgan fingerprint density at radius 3 is 2.71 bits per heavy atom. The molecule has 0 fully saturated rings. The van der Waals surface area contributed by atoms with Gasteiger partial charge in [-0.15, -0.1) is 5.10 Å². The first-order chi connectivity index (χ1) is 6.77. The molecule has 0 saturated heterocycles. The number of nitrogens with zero attached hydrogens (tertiary/aromatic N) is 3. The number of nitrogens with one attached hydrogen (secondary N) is 1. The van der Waals surface area contributed by atoms with E-state index < -0.39 is 0 Å². The molecule has 0 aliphatic carbocycles. The van der Waals surface area contributed by atoms with Gasteiger partial charge >= 0.3 is 0 Å². The van der Waals surface area contributed by atoms with E-state index in [2.05, 4.69) is 15.2 Å². The molecule has 0 atom stereocenters. The standard InChI is InChI=1S/C8H9N5S/c9-7-11-12-8(14)13(7)5-6-1-3-10-4-2-6/h1-4H,5H2,(H2,9,11)(H,12,14). The number of anilines is 1. The van der Waals surface area contributed by atoms with Crippen LogP contribution in [0.3, 0.4) is 0 Å². The van der Waals surface area contributed by atoms with Crippen molar-refractivity contribution in [3.8, 4) is 0 Å². The van der Waals surface area contributed by atoms with Gasteiger partial charge in [0.25, 0.3) is 0 Å². The first-order valence-electron chi connectivity index (χ1n) is 4.07. The normalized spacial score (nSPS) is 10.3. The molecule has 0 aromatic carbocycles. The molecule has 0 radical (unpaired) electrons. The third-order valence-electron chi connectivity index (χ3n) is 1.88. The van der Waals surface area contributed by atoms with Crippen molar-refractivity contribution in [2.45, 2.75) is 6.54 Å². The lowest BCUT2D eigenvalue weighted by Gasteiger charge is -2.02. The van der Waals surface area contributed by atoms with Crippen molar-refractivity contribution in [3.05, 3.63) is 34.9 Å². The SMILES string of the molecule is Nc1n[nH]c(=S)n1Cc1ccncc1. The van der Waals surface area contributed by atoms with Crippen LogP contribution in [0, 0.1) is 4.77 Å². The number of hydrogen-bond acceptors (Lipinski definition) is 4. The molecule has 0 aliphatic rings. The Kier molecular flexibility index (Phi) is 2.28. The summed E-state index contributed by atoms with van der Waals surface area (Å²) in [5.41, 5.74) is 6.71. The van der Waals surface area contributed by atoms with Gasteiger partial charge in [0.2, 0.25) is 5.95 Å². The van der Waals surface area contributed by atoms with Gasteiger partial charge in [0.05, 0.1) is 6.54 Å². The Morgan fingerprint density at radius 2 is 2.14 bits per heavy atom. The first-order valence-corrected chi connectivity index (χ1v) is 4.48. The summed E-state index contributed by atoms with van der Waals surface area (Å²) in [5, 5.41) is 6.45. The van der Waals surface area contributed by atoms with Crippen molar-refractivity contribution in [1.82, 2.24) is 19.7 Å². The summed E-state index contributed by atoms with van der Waals surface area (Å²) in [6, 6.07) is 3.82. The number of aromatic nitrogens is 4. The number of nitrogens with two attached hydrogens (primary N) is 1. The fourth-order valence-electron chi connectivity index (χ4n) is 1.15. The van der Waals surface area contributed by atoms with E-state index in [0.29, 0.717) is 17.3 Å². The molecular weight excluding hydrogens is 198 g/mol. The quantitative estimate of drug-likeness (QED) is 0.720. The molecule has 2 aromatic rings. The van der Waals surface area contributed by atoms with Crippen molar-refractivity contribution < 1.29 is 0 Å². The largest absolute Gasteiger partial charge is 0.368 e. The van der Waals surface area contributed by atoms with E-state index in [9.17, 15) is 0 Å². The molecule has 6 heteroatoms. The second-order valence-corrected chi connectivity index (χ2v) is 3.22. The maximum Gasteiger partial charge on any atom is 0.220 e. The van der Waals surface area contributed by atoms with Crippen LogP contribution in [0.1, 0.15) is 5.56 Å². The van der Waals surface area contributed by atoms with Gasteiger partial charge in [-0.25, -0.2) is 5.10 Å². The number of aromatic amines is 1. The van der Waals surface area contributed by atoms with Crippen LogP contribution in [0.15, 0.2) is 24.5 Å². The smallest absolute Gasteiger partial charge is 0.220 e. The van der Waals surface area contributed by atoms with Crippen LogP contribution in [0.25, 0.3) is 0 Å². The number of hydrogen-bond donors (Lipinski definition) is 2. The Hall–Kier alpha value is -1.69. The second kappa shape index (κ2) is 3.59. The van der Waals surface area contributed by atoms with E-state index in [1.54, 1.807) is 17.0 Å². The molecule has 0 spiro atoms. The summed E-state index contributed by atoms with van der Waals surface area (Å²) < 4.78 is 2.25. The van der Waals surface area contributed by atoms with Gasteiger partial charge < -0.3 is 5.73 Å². The monoisotopic (exact) mass is 207 g/mol. The Bertz CT molecular complexity index is 472. The molecule has 2 aromatic heterocycles. The van der Waals surface area contributed by atoms with Gasteiger partial charge in [0, 0.05) is 12.4 Å². The van der Waals surface area contributed by atoms with Gasteiger partial charge in [-0.05, 0) is 29.9 Å². The summed E-state index contributed by atoms with van der Waals surface area (Å²) in [4.78, 5) is 3.93. The molecule has 0 aliphatic heterocycles. The summed E-state index contributed by atoms with van der Waals surface area (Å²) >= 11 is 5.02. The minimum absolute atomic E-state index is 0.395. The highest BCUT2D eigenvalue weighted by molar-refractivity contribution is 7.71. The summed E-state index contributed by atoms with van der Waals surface area (Å²) in [6.07, 6.45) is 3.46. The van der Waals surface area contributed by atoms with Crippen LogP contribution < -0.4 is 5.73 Å². The van der Waals surface area contributed by atoms with E-state index in [0.717, 1.165) is 5.56 Å². The van der Waals surface area contributed by atoms with Crippen LogP contribution >= 0.6 is 12.2 Å². The van der Waals surface area contributed by atoms with Crippen LogP contribution in [0.5, 0.6) is 0 Å². The minimum Gasteiger partial charge on any atom is -0.368 e. The topological polar surface area (TPSA) is 72.5 Å². The van der Waals surface area contributed by atoms with Gasteiger partial charge in [-0.3, -0.25) is 9.55 Å². The highest BCUT2D eigenvalue weighted by atomic mass is 32.1. The van der Waals surface area contributed by atoms with Crippen LogP contribution in [0.4, 0.5) is 5.95 Å². The molecule has 14 heavy (non-hydrogen) atoms. The predicted octanol–water partition coefficient (Wildman–Crippen LogP) is 0.966. The predicted molar refractivity (Wildman–Crippen MR) is 55.2 cm³/mol. The average molecular weight is 207 g/mol. The lowest BCUT2D eigenvalue weighted by Crippen LogP contribution is -2.04. The lowest BCUT2D eigenvalue weighted by molar-refractivity contribution is 0.792. The van der Waals surface area contributed by atoms with E-state index in [1.807, 2.05) is 12.1 Å². The molecule has 0 unspecified atom stereocenters. The molecule has 0 amide bonds. The number of nitrogen functional groups attached to an aromatic ring is 1. The highest BCUT2D eigenvalue weighted by Crippen LogP contribution is 2.05. The number of H-pyrrole nitrogens is 1. The van der Waals surface area contributed by atoms with Crippen LogP contribution in [0.2, 0.25) is 0 Å². The van der Waals surface area contributed by atoms with Gasteiger partial charge in [-0.2, -0.15) is 0 Å². The second-order valence-electron chi connectivity index (χ2n) is 2.83. The molecule has 0 saturated carbocycles. The van der Waals surface area contributed by atoms with Crippen molar-refractivity contribution in [2.75, 3.05) is 5.73 Å². The summed E-state index contributed by atoms with van der Waals surface area (Å²) in [5.74, 6) is 0.395. The zero-order valence-electron chi connectivity index (χ0n) is 7.34. The lowest BCUT2D eigenvalue weighted by atomic mass is 10.3. The van der Waals surface area contributed by atoms with Crippen LogP contribution in [-0.2, 0) is 6.54 Å². The van der Waals surface area contributed by atoms with Gasteiger partial charge in [0.15, 0.2) is 4.77 Å². The third-order valence-corrected chi connectivity index (χ3v) is 2.19. The van der Waals surface area contributed by atoms with Crippen molar-refractivity contribution in [3.63, 3.8) is 0 Å². The molecular formula is C8H9N5S. The van der Waals surface area contributed by atoms with Gasteiger partial charge in [0.1, 0.15) is 0 Å². The Balaban J connectivity index is 2.32. The Labute approximate surface area is 85.6 Å². The maximum atomic E-state index is 5.63. The van der Waals surface area contributed by atoms with E-state index in [4.69, 9.17) is 18.0 Å². The summed E-state index contributed by atoms with van der Waals surface area (Å²) in [6.45, 7) is 0.615. The van der Waals surface area contributed by atoms with E-state index in [1.165, 1.54) is 0 Å². The third kappa shape index (κ3) is 1.64. The van der Waals surface area contributed by atoms with Crippen molar-refractivity contribution >= 4 is 18.2 Å². The molecule has 5 nitrogen and oxygen atoms in total. The molecule has 0 bridgehead atoms. The average Bonchev–Trinajstić information content (AvgIpc) is 2.51. The van der Waals surface area contributed by atoms with E-state index in [-0.39, 0.29) is 0 Å². The molecule has 72 valence electrons. The zero-order valence-corrected chi connectivity index (χ0v) is 8.16. The molecule has 2 heterocycles. The van der Waals surface area contributed by atoms with Crippen molar-refractivity contribution in [2.24, 2.45) is 0 Å². The molecule has 3 N–H and O–H groups in total. The maximum absolute atomic E-state index is 5.63. The first kappa shape index (κ1) is 8.89. The minimum atomic E-state index is 0.395. The Morgan fingerprint density at radius 1 is 1.43 bits per heavy atom. The zero-order chi connectivity index (χ0) is 9.97. The van der Waals surface area contributed by atoms with E-state index >= 15 is 0 Å². The number of pyridine rings is 1. The van der Waals surface area contributed by atoms with Crippen LogP contribution in [-0.4, -0.2) is 19.7 Å².